The minimum atomic E-state index is -0.116. The van der Waals surface area contributed by atoms with Gasteiger partial charge in [-0.3, -0.25) is 4.79 Å². The number of nitrogens with zero attached hydrogens (tertiary/aromatic N) is 3. The van der Waals surface area contributed by atoms with Gasteiger partial charge in [0.1, 0.15) is 23.2 Å². The van der Waals surface area contributed by atoms with Crippen molar-refractivity contribution in [2.45, 2.75) is 32.9 Å². The molecule has 0 fully saturated rings. The number of allylic oxidation sites excluding steroid dienone is 4. The molecule has 6 nitrogen and oxygen atoms in total. The highest BCUT2D eigenvalue weighted by molar-refractivity contribution is 6.30. The predicted octanol–water partition coefficient (Wildman–Crippen LogP) is 6.07. The number of hydrogen-bond acceptors (Lipinski definition) is 4. The van der Waals surface area contributed by atoms with E-state index < -0.39 is 0 Å². The van der Waals surface area contributed by atoms with E-state index in [4.69, 9.17) is 16.6 Å². The van der Waals surface area contributed by atoms with E-state index in [9.17, 15) is 9.18 Å². The predicted molar refractivity (Wildman–Crippen MR) is 138 cm³/mol. The number of amides is 1. The lowest BCUT2D eigenvalue weighted by Gasteiger charge is -2.29. The fraction of sp³-hybridized carbons (Fsp3) is 0.259. The quantitative estimate of drug-likeness (QED) is 0.439. The molecule has 1 amide bonds. The third-order valence-corrected chi connectivity index (χ3v) is 6.55. The fourth-order valence-electron chi connectivity index (χ4n) is 4.37. The van der Waals surface area contributed by atoms with Crippen LogP contribution in [0.25, 0.3) is 5.57 Å². The van der Waals surface area contributed by atoms with Gasteiger partial charge in [-0.25, -0.2) is 9.37 Å². The molecule has 0 saturated carbocycles. The van der Waals surface area contributed by atoms with Crippen LogP contribution in [0.2, 0.25) is 5.02 Å². The Morgan fingerprint density at radius 3 is 2.66 bits per heavy atom. The third kappa shape index (κ3) is 5.25. The maximum atomic E-state index is 13.7. The minimum absolute atomic E-state index is 0.00398. The van der Waals surface area contributed by atoms with E-state index in [1.54, 1.807) is 12.1 Å². The smallest absolute Gasteiger partial charge is 0.242 e. The SMILES string of the molecule is Cc1ccc(Nc2c(C3=CC=C(F)CC3)nc3n2CCN(C(=O)CNc2cccc(Cl)c2)C3)cc1. The fourth-order valence-corrected chi connectivity index (χ4v) is 4.56. The van der Waals surface area contributed by atoms with Gasteiger partial charge in [-0.15, -0.1) is 0 Å². The van der Waals surface area contributed by atoms with Crippen molar-refractivity contribution in [2.24, 2.45) is 0 Å². The number of rotatable bonds is 6. The third-order valence-electron chi connectivity index (χ3n) is 6.31. The largest absolute Gasteiger partial charge is 0.376 e. The van der Waals surface area contributed by atoms with E-state index in [0.717, 1.165) is 34.3 Å². The van der Waals surface area contributed by atoms with Crippen LogP contribution in [0.3, 0.4) is 0 Å². The second-order valence-electron chi connectivity index (χ2n) is 8.85. The van der Waals surface area contributed by atoms with Gasteiger partial charge >= 0.3 is 0 Å². The average molecular weight is 492 g/mol. The average Bonchev–Trinajstić information content (AvgIpc) is 3.22. The van der Waals surface area contributed by atoms with Crippen LogP contribution in [0.4, 0.5) is 21.6 Å². The van der Waals surface area contributed by atoms with Crippen LogP contribution in [0.1, 0.15) is 29.9 Å². The van der Waals surface area contributed by atoms with Crippen molar-refractivity contribution >= 4 is 40.3 Å². The summed E-state index contributed by atoms with van der Waals surface area (Å²) in [5.74, 6) is 1.58. The van der Waals surface area contributed by atoms with Crippen LogP contribution < -0.4 is 10.6 Å². The summed E-state index contributed by atoms with van der Waals surface area (Å²) in [5.41, 5.74) is 4.75. The van der Waals surface area contributed by atoms with E-state index in [2.05, 4.69) is 34.3 Å². The zero-order valence-corrected chi connectivity index (χ0v) is 20.3. The Morgan fingerprint density at radius 1 is 1.09 bits per heavy atom. The second-order valence-corrected chi connectivity index (χ2v) is 9.29. The van der Waals surface area contributed by atoms with Gasteiger partial charge in [0.05, 0.1) is 13.1 Å². The van der Waals surface area contributed by atoms with E-state index in [1.165, 1.54) is 11.6 Å². The molecule has 2 aromatic carbocycles. The molecule has 0 radical (unpaired) electrons. The van der Waals surface area contributed by atoms with Crippen LogP contribution in [-0.2, 0) is 17.9 Å². The van der Waals surface area contributed by atoms with Gasteiger partial charge in [0, 0.05) is 35.9 Å². The van der Waals surface area contributed by atoms with Crippen molar-refractivity contribution in [1.82, 2.24) is 14.5 Å². The molecule has 1 aromatic heterocycles. The van der Waals surface area contributed by atoms with Crippen molar-refractivity contribution in [1.29, 1.82) is 0 Å². The lowest BCUT2D eigenvalue weighted by molar-refractivity contribution is -0.130. The second kappa shape index (κ2) is 9.96. The molecule has 3 aromatic rings. The zero-order valence-electron chi connectivity index (χ0n) is 19.5. The molecule has 0 atom stereocenters. The Bertz CT molecular complexity index is 1310. The number of fused-ring (bicyclic) bond motifs is 1. The molecule has 5 rings (SSSR count). The van der Waals surface area contributed by atoms with Gasteiger partial charge in [-0.2, -0.15) is 0 Å². The van der Waals surface area contributed by atoms with E-state index >= 15 is 0 Å². The molecule has 0 saturated heterocycles. The van der Waals surface area contributed by atoms with E-state index in [0.29, 0.717) is 37.5 Å². The standard InChI is InChI=1S/C27H27ClFN5O/c1-18-5-11-22(12-6-18)31-27-26(19-7-9-21(29)10-8-19)32-24-17-33(13-14-34(24)27)25(35)16-30-23-4-2-3-20(28)15-23/h2-7,9,11-12,15,30-31H,8,10,13-14,16-17H2,1H3. The lowest BCUT2D eigenvalue weighted by Crippen LogP contribution is -2.41. The summed E-state index contributed by atoms with van der Waals surface area (Å²) in [6, 6.07) is 15.5. The zero-order chi connectivity index (χ0) is 24.4. The molecule has 180 valence electrons. The summed E-state index contributed by atoms with van der Waals surface area (Å²) >= 11 is 6.04. The number of aryl methyl sites for hydroxylation is 1. The van der Waals surface area contributed by atoms with Crippen LogP contribution >= 0.6 is 11.6 Å². The van der Waals surface area contributed by atoms with E-state index in [-0.39, 0.29) is 18.3 Å². The first-order valence-corrected chi connectivity index (χ1v) is 12.1. The summed E-state index contributed by atoms with van der Waals surface area (Å²) < 4.78 is 15.8. The highest BCUT2D eigenvalue weighted by Gasteiger charge is 2.28. The van der Waals surface area contributed by atoms with Gasteiger partial charge < -0.3 is 20.1 Å². The molecule has 0 bridgehead atoms. The normalized spacial score (nSPS) is 15.2. The van der Waals surface area contributed by atoms with Crippen LogP contribution in [0, 0.1) is 6.92 Å². The first kappa shape index (κ1) is 23.2. The number of halogens is 2. The van der Waals surface area contributed by atoms with Crippen LogP contribution in [-0.4, -0.2) is 33.4 Å². The number of nitrogens with one attached hydrogen (secondary N) is 2. The van der Waals surface area contributed by atoms with Gasteiger partial charge in [0.2, 0.25) is 5.91 Å². The van der Waals surface area contributed by atoms with Crippen molar-refractivity contribution in [3.05, 3.63) is 88.6 Å². The number of carbonyl (C=O) groups excluding carboxylic acids is 1. The highest BCUT2D eigenvalue weighted by Crippen LogP contribution is 2.35. The summed E-state index contributed by atoms with van der Waals surface area (Å²) in [5, 5.41) is 7.30. The van der Waals surface area contributed by atoms with Crippen LogP contribution in [0.15, 0.2) is 66.5 Å². The van der Waals surface area contributed by atoms with Gasteiger partial charge in [-0.05, 0) is 55.3 Å². The first-order chi connectivity index (χ1) is 17.0. The Morgan fingerprint density at radius 2 is 1.91 bits per heavy atom. The van der Waals surface area contributed by atoms with Gasteiger partial charge in [-0.1, -0.05) is 41.4 Å². The van der Waals surface area contributed by atoms with Crippen molar-refractivity contribution in [3.8, 4) is 0 Å². The minimum Gasteiger partial charge on any atom is -0.376 e. The maximum absolute atomic E-state index is 13.7. The maximum Gasteiger partial charge on any atom is 0.242 e. The van der Waals surface area contributed by atoms with Gasteiger partial charge in [0.25, 0.3) is 0 Å². The molecule has 2 heterocycles. The molecular formula is C27H27ClFN5O. The monoisotopic (exact) mass is 491 g/mol. The molecule has 2 N–H and O–H groups in total. The number of imidazole rings is 1. The number of aromatic nitrogens is 2. The number of hydrogen-bond donors (Lipinski definition) is 2. The number of anilines is 3. The lowest BCUT2D eigenvalue weighted by atomic mass is 10.0. The molecule has 0 spiro atoms. The van der Waals surface area contributed by atoms with E-state index in [1.807, 2.05) is 35.2 Å². The van der Waals surface area contributed by atoms with Gasteiger partial charge in [0.15, 0.2) is 0 Å². The van der Waals surface area contributed by atoms with Crippen molar-refractivity contribution in [2.75, 3.05) is 23.7 Å². The molecule has 35 heavy (non-hydrogen) atoms. The Balaban J connectivity index is 1.38. The summed E-state index contributed by atoms with van der Waals surface area (Å²) in [7, 11) is 0. The molecule has 2 aliphatic rings. The van der Waals surface area contributed by atoms with Crippen molar-refractivity contribution in [3.63, 3.8) is 0 Å². The number of benzene rings is 2. The molecule has 1 aliphatic carbocycles. The van der Waals surface area contributed by atoms with Crippen LogP contribution in [0.5, 0.6) is 0 Å². The summed E-state index contributed by atoms with van der Waals surface area (Å²) in [6.07, 6.45) is 4.29. The first-order valence-electron chi connectivity index (χ1n) is 11.7. The Kier molecular flexibility index (Phi) is 6.59. The molecule has 1 aliphatic heterocycles. The molecule has 8 heteroatoms. The topological polar surface area (TPSA) is 62.2 Å². The summed E-state index contributed by atoms with van der Waals surface area (Å²) in [4.78, 5) is 19.7. The molecular weight excluding hydrogens is 465 g/mol. The van der Waals surface area contributed by atoms with Crippen molar-refractivity contribution < 1.29 is 9.18 Å². The summed E-state index contributed by atoms with van der Waals surface area (Å²) in [6.45, 7) is 3.84. The molecule has 0 unspecified atom stereocenters. The number of carbonyl (C=O) groups is 1. The Hall–Kier alpha value is -3.58. The Labute approximate surface area is 209 Å². The highest BCUT2D eigenvalue weighted by atomic mass is 35.5.